The minimum atomic E-state index is -0.704. The Morgan fingerprint density at radius 3 is 2.67 bits per heavy atom. The van der Waals surface area contributed by atoms with Crippen molar-refractivity contribution in [3.8, 4) is 5.75 Å². The highest BCUT2D eigenvalue weighted by Crippen LogP contribution is 2.35. The second-order valence-corrected chi connectivity index (χ2v) is 6.42. The molecule has 0 saturated heterocycles. The van der Waals surface area contributed by atoms with Gasteiger partial charge in [-0.25, -0.2) is 0 Å². The van der Waals surface area contributed by atoms with Crippen LogP contribution in [0.15, 0.2) is 24.3 Å². The summed E-state index contributed by atoms with van der Waals surface area (Å²) in [4.78, 5) is 12.7. The van der Waals surface area contributed by atoms with Gasteiger partial charge in [-0.15, -0.1) is 0 Å². The standard InChI is InChI=1S/C19H29NO4/c1-4-23-12-13-24-17-9-7-16(8-10-17)20-18(21)19(22-3)11-5-6-15(2)14-19/h7-10,15H,4-6,11-14H2,1-3H3,(H,20,21)/t15-,19+/m1/s1. The Kier molecular flexibility index (Phi) is 7.06. The number of benzene rings is 1. The molecule has 2 rings (SSSR count). The Hall–Kier alpha value is -1.59. The monoisotopic (exact) mass is 335 g/mol. The number of amides is 1. The van der Waals surface area contributed by atoms with E-state index in [1.807, 2.05) is 31.2 Å². The molecule has 0 spiro atoms. The highest BCUT2D eigenvalue weighted by atomic mass is 16.5. The number of hydrogen-bond donors (Lipinski definition) is 1. The highest BCUT2D eigenvalue weighted by molar-refractivity contribution is 5.97. The smallest absolute Gasteiger partial charge is 0.256 e. The summed E-state index contributed by atoms with van der Waals surface area (Å²) in [5.74, 6) is 1.22. The molecule has 1 fully saturated rings. The number of methoxy groups -OCH3 is 1. The van der Waals surface area contributed by atoms with E-state index in [1.165, 1.54) is 0 Å². The molecule has 1 N–H and O–H groups in total. The van der Waals surface area contributed by atoms with Gasteiger partial charge in [-0.3, -0.25) is 4.79 Å². The lowest BCUT2D eigenvalue weighted by atomic mass is 9.78. The van der Waals surface area contributed by atoms with E-state index in [0.717, 1.165) is 37.1 Å². The third-order valence-corrected chi connectivity index (χ3v) is 4.57. The van der Waals surface area contributed by atoms with Crippen molar-refractivity contribution in [2.45, 2.75) is 45.1 Å². The summed E-state index contributed by atoms with van der Waals surface area (Å²) >= 11 is 0. The Balaban J connectivity index is 1.91. The van der Waals surface area contributed by atoms with E-state index >= 15 is 0 Å². The van der Waals surface area contributed by atoms with Crippen LogP contribution in [0.25, 0.3) is 0 Å². The molecular weight excluding hydrogens is 306 g/mol. The molecule has 0 aromatic heterocycles. The van der Waals surface area contributed by atoms with Crippen molar-refractivity contribution >= 4 is 11.6 Å². The third-order valence-electron chi connectivity index (χ3n) is 4.57. The van der Waals surface area contributed by atoms with Crippen LogP contribution in [0.1, 0.15) is 39.5 Å². The van der Waals surface area contributed by atoms with E-state index in [1.54, 1.807) is 7.11 Å². The lowest BCUT2D eigenvalue weighted by Crippen LogP contribution is -2.47. The Bertz CT molecular complexity index is 517. The number of carbonyl (C=O) groups is 1. The van der Waals surface area contributed by atoms with E-state index in [2.05, 4.69) is 12.2 Å². The van der Waals surface area contributed by atoms with Crippen molar-refractivity contribution < 1.29 is 19.0 Å². The van der Waals surface area contributed by atoms with Gasteiger partial charge in [-0.2, -0.15) is 0 Å². The quantitative estimate of drug-likeness (QED) is 0.737. The van der Waals surface area contributed by atoms with Crippen molar-refractivity contribution in [3.63, 3.8) is 0 Å². The summed E-state index contributed by atoms with van der Waals surface area (Å²) in [7, 11) is 1.63. The van der Waals surface area contributed by atoms with Crippen LogP contribution in [-0.4, -0.2) is 38.4 Å². The van der Waals surface area contributed by atoms with Gasteiger partial charge < -0.3 is 19.5 Å². The molecule has 5 nitrogen and oxygen atoms in total. The number of rotatable bonds is 8. The first kappa shape index (κ1) is 18.7. The van der Waals surface area contributed by atoms with Crippen LogP contribution in [0.5, 0.6) is 5.75 Å². The average molecular weight is 335 g/mol. The molecule has 2 atom stereocenters. The van der Waals surface area contributed by atoms with Gasteiger partial charge in [0.2, 0.25) is 0 Å². The maximum absolute atomic E-state index is 12.7. The Morgan fingerprint density at radius 1 is 1.29 bits per heavy atom. The van der Waals surface area contributed by atoms with Crippen LogP contribution < -0.4 is 10.1 Å². The molecule has 0 bridgehead atoms. The lowest BCUT2D eigenvalue weighted by Gasteiger charge is -2.37. The zero-order valence-corrected chi connectivity index (χ0v) is 15.0. The van der Waals surface area contributed by atoms with Gasteiger partial charge in [0.15, 0.2) is 0 Å². The summed E-state index contributed by atoms with van der Waals surface area (Å²) in [5.41, 5.74) is 0.0523. The molecule has 5 heteroatoms. The fourth-order valence-electron chi connectivity index (χ4n) is 3.23. The van der Waals surface area contributed by atoms with Gasteiger partial charge in [-0.1, -0.05) is 13.3 Å². The lowest BCUT2D eigenvalue weighted by molar-refractivity contribution is -0.143. The number of carbonyl (C=O) groups excluding carboxylic acids is 1. The summed E-state index contributed by atoms with van der Waals surface area (Å²) in [6, 6.07) is 7.40. The van der Waals surface area contributed by atoms with Crippen LogP contribution in [-0.2, 0) is 14.3 Å². The highest BCUT2D eigenvalue weighted by Gasteiger charge is 2.41. The number of ether oxygens (including phenoxy) is 3. The average Bonchev–Trinajstić information content (AvgIpc) is 2.60. The zero-order chi connectivity index (χ0) is 17.4. The first-order valence-corrected chi connectivity index (χ1v) is 8.77. The van der Waals surface area contributed by atoms with Crippen molar-refractivity contribution in [2.75, 3.05) is 32.2 Å². The predicted octanol–water partition coefficient (Wildman–Crippen LogP) is 3.64. The first-order chi connectivity index (χ1) is 11.6. The molecule has 134 valence electrons. The fraction of sp³-hybridized carbons (Fsp3) is 0.632. The molecule has 1 amide bonds. The molecule has 1 saturated carbocycles. The molecule has 1 aromatic carbocycles. The summed E-state index contributed by atoms with van der Waals surface area (Å²) < 4.78 is 16.4. The SMILES string of the molecule is CCOCCOc1ccc(NC(=O)[C@]2(OC)CCC[C@@H](C)C2)cc1. The van der Waals surface area contributed by atoms with Gasteiger partial charge in [0.05, 0.1) is 6.61 Å². The van der Waals surface area contributed by atoms with Crippen LogP contribution in [0.3, 0.4) is 0 Å². The fourth-order valence-corrected chi connectivity index (χ4v) is 3.23. The van der Waals surface area contributed by atoms with Crippen LogP contribution in [0.2, 0.25) is 0 Å². The van der Waals surface area contributed by atoms with Crippen LogP contribution in [0.4, 0.5) is 5.69 Å². The Morgan fingerprint density at radius 2 is 2.04 bits per heavy atom. The second kappa shape index (κ2) is 9.04. The molecule has 0 aliphatic heterocycles. The molecule has 0 unspecified atom stereocenters. The molecule has 1 aliphatic rings. The second-order valence-electron chi connectivity index (χ2n) is 6.42. The summed E-state index contributed by atoms with van der Waals surface area (Å²) in [5, 5.41) is 2.98. The van der Waals surface area contributed by atoms with Gasteiger partial charge in [-0.05, 0) is 56.4 Å². The third kappa shape index (κ3) is 4.95. The van der Waals surface area contributed by atoms with Gasteiger partial charge >= 0.3 is 0 Å². The van der Waals surface area contributed by atoms with E-state index in [0.29, 0.717) is 25.7 Å². The Labute approximate surface area is 144 Å². The number of anilines is 1. The minimum Gasteiger partial charge on any atom is -0.491 e. The summed E-state index contributed by atoms with van der Waals surface area (Å²) in [6.07, 6.45) is 3.73. The van der Waals surface area contributed by atoms with Crippen molar-refractivity contribution in [1.29, 1.82) is 0 Å². The molecule has 1 aromatic rings. The number of nitrogens with one attached hydrogen (secondary N) is 1. The van der Waals surface area contributed by atoms with E-state index < -0.39 is 5.60 Å². The normalized spacial score (nSPS) is 23.7. The summed E-state index contributed by atoms with van der Waals surface area (Å²) in [6.45, 7) is 5.91. The maximum atomic E-state index is 12.7. The number of hydrogen-bond acceptors (Lipinski definition) is 4. The van der Waals surface area contributed by atoms with Gasteiger partial charge in [0.25, 0.3) is 5.91 Å². The predicted molar refractivity (Wildman–Crippen MR) is 94.4 cm³/mol. The van der Waals surface area contributed by atoms with Crippen molar-refractivity contribution in [3.05, 3.63) is 24.3 Å². The molecule has 24 heavy (non-hydrogen) atoms. The molecule has 1 aliphatic carbocycles. The molecule has 0 radical (unpaired) electrons. The first-order valence-electron chi connectivity index (χ1n) is 8.77. The van der Waals surface area contributed by atoms with Gasteiger partial charge in [0.1, 0.15) is 18.0 Å². The van der Waals surface area contributed by atoms with Crippen LogP contribution in [0, 0.1) is 5.92 Å². The van der Waals surface area contributed by atoms with Crippen LogP contribution >= 0.6 is 0 Å². The maximum Gasteiger partial charge on any atom is 0.256 e. The topological polar surface area (TPSA) is 56.8 Å². The van der Waals surface area contributed by atoms with E-state index in [-0.39, 0.29) is 5.91 Å². The largest absolute Gasteiger partial charge is 0.491 e. The van der Waals surface area contributed by atoms with Crippen molar-refractivity contribution in [1.82, 2.24) is 0 Å². The molecular formula is C19H29NO4. The molecule has 0 heterocycles. The van der Waals surface area contributed by atoms with E-state index in [9.17, 15) is 4.79 Å². The van der Waals surface area contributed by atoms with E-state index in [4.69, 9.17) is 14.2 Å². The van der Waals surface area contributed by atoms with Crippen molar-refractivity contribution in [2.24, 2.45) is 5.92 Å². The minimum absolute atomic E-state index is 0.0541. The zero-order valence-electron chi connectivity index (χ0n) is 15.0. The van der Waals surface area contributed by atoms with Gasteiger partial charge in [0, 0.05) is 19.4 Å².